The van der Waals surface area contributed by atoms with E-state index in [2.05, 4.69) is 4.74 Å². The number of hydrogen-bond acceptors (Lipinski definition) is 3. The van der Waals surface area contributed by atoms with Gasteiger partial charge >= 0.3 is 5.97 Å². The van der Waals surface area contributed by atoms with Crippen molar-refractivity contribution in [2.24, 2.45) is 0 Å². The molecule has 0 fully saturated rings. The van der Waals surface area contributed by atoms with Gasteiger partial charge in [-0.05, 0) is 24.3 Å². The first-order valence-corrected chi connectivity index (χ1v) is 3.90. The third kappa shape index (κ3) is 3.01. The number of hydrogen-bond donors (Lipinski definition) is 1. The molecule has 0 spiro atoms. The van der Waals surface area contributed by atoms with Crippen molar-refractivity contribution in [3.05, 3.63) is 29.8 Å². The molecule has 1 aromatic rings. The van der Waals surface area contributed by atoms with E-state index in [0.717, 1.165) is 0 Å². The maximum Gasteiger partial charge on any atom is 0.338 e. The van der Waals surface area contributed by atoms with Gasteiger partial charge in [0.1, 0.15) is 0 Å². The molecular formula is C9H9F2NO2. The van der Waals surface area contributed by atoms with Crippen LogP contribution in [0.2, 0.25) is 0 Å². The predicted octanol–water partition coefficient (Wildman–Crippen LogP) is 1.69. The van der Waals surface area contributed by atoms with E-state index in [1.54, 1.807) is 0 Å². The fourth-order valence-electron chi connectivity index (χ4n) is 0.841. The summed E-state index contributed by atoms with van der Waals surface area (Å²) in [4.78, 5) is 11.1. The Bertz CT molecular complexity index is 311. The smallest absolute Gasteiger partial charge is 0.338 e. The molecule has 0 radical (unpaired) electrons. The first-order valence-electron chi connectivity index (χ1n) is 3.90. The molecule has 2 N–H and O–H groups in total. The molecule has 1 aromatic carbocycles. The van der Waals surface area contributed by atoms with Gasteiger partial charge in [0.2, 0.25) is 0 Å². The van der Waals surface area contributed by atoms with Crippen molar-refractivity contribution in [2.75, 3.05) is 12.3 Å². The van der Waals surface area contributed by atoms with Gasteiger partial charge in [-0.3, -0.25) is 0 Å². The second-order valence-corrected chi connectivity index (χ2v) is 2.61. The average molecular weight is 201 g/mol. The molecule has 0 aliphatic heterocycles. The van der Waals surface area contributed by atoms with Crippen molar-refractivity contribution in [3.63, 3.8) is 0 Å². The number of carbonyl (C=O) groups is 1. The van der Waals surface area contributed by atoms with Crippen LogP contribution in [-0.4, -0.2) is 19.0 Å². The summed E-state index contributed by atoms with van der Waals surface area (Å²) < 4.78 is 27.7. The van der Waals surface area contributed by atoms with Crippen LogP contribution in [0.5, 0.6) is 0 Å². The van der Waals surface area contributed by atoms with E-state index in [1.165, 1.54) is 24.3 Å². The highest BCUT2D eigenvalue weighted by Gasteiger charge is 2.10. The lowest BCUT2D eigenvalue weighted by Gasteiger charge is -2.03. The number of anilines is 1. The SMILES string of the molecule is Nc1ccc(C(=O)OCC(F)F)cc1. The van der Waals surface area contributed by atoms with Gasteiger partial charge in [-0.1, -0.05) is 0 Å². The normalized spacial score (nSPS) is 10.2. The monoisotopic (exact) mass is 201 g/mol. The first-order chi connectivity index (χ1) is 6.59. The van der Waals surface area contributed by atoms with Crippen molar-refractivity contribution in [2.45, 2.75) is 6.43 Å². The van der Waals surface area contributed by atoms with E-state index in [4.69, 9.17) is 5.73 Å². The zero-order valence-corrected chi connectivity index (χ0v) is 7.24. The molecule has 0 aliphatic rings. The summed E-state index contributed by atoms with van der Waals surface area (Å²) >= 11 is 0. The van der Waals surface area contributed by atoms with Crippen LogP contribution in [0, 0.1) is 0 Å². The molecule has 0 unspecified atom stereocenters. The summed E-state index contributed by atoms with van der Waals surface area (Å²) in [6, 6.07) is 5.84. The fraction of sp³-hybridized carbons (Fsp3) is 0.222. The van der Waals surface area contributed by atoms with Crippen molar-refractivity contribution in [1.29, 1.82) is 0 Å². The van der Waals surface area contributed by atoms with Gasteiger partial charge in [0.05, 0.1) is 5.56 Å². The fourth-order valence-corrected chi connectivity index (χ4v) is 0.841. The highest BCUT2D eigenvalue weighted by molar-refractivity contribution is 5.89. The Kier molecular flexibility index (Phi) is 3.39. The summed E-state index contributed by atoms with van der Waals surface area (Å²) in [5, 5.41) is 0. The standard InChI is InChI=1S/C9H9F2NO2/c10-8(11)5-14-9(13)6-1-3-7(12)4-2-6/h1-4,8H,5,12H2. The Hall–Kier alpha value is -1.65. The van der Waals surface area contributed by atoms with E-state index in [9.17, 15) is 13.6 Å². The topological polar surface area (TPSA) is 52.3 Å². The second-order valence-electron chi connectivity index (χ2n) is 2.61. The van der Waals surface area contributed by atoms with Gasteiger partial charge in [0.15, 0.2) is 6.61 Å². The zero-order chi connectivity index (χ0) is 10.6. The van der Waals surface area contributed by atoms with Crippen LogP contribution in [-0.2, 0) is 4.74 Å². The number of rotatable bonds is 3. The second kappa shape index (κ2) is 4.55. The summed E-state index contributed by atoms with van der Waals surface area (Å²) in [7, 11) is 0. The van der Waals surface area contributed by atoms with Crippen LogP contribution in [0.25, 0.3) is 0 Å². The number of nitrogen functional groups attached to an aromatic ring is 1. The Morgan fingerprint density at radius 3 is 2.43 bits per heavy atom. The Morgan fingerprint density at radius 2 is 1.93 bits per heavy atom. The van der Waals surface area contributed by atoms with Crippen LogP contribution in [0.3, 0.4) is 0 Å². The zero-order valence-electron chi connectivity index (χ0n) is 7.24. The molecule has 0 bridgehead atoms. The highest BCUT2D eigenvalue weighted by atomic mass is 19.3. The summed E-state index contributed by atoms with van der Waals surface area (Å²) in [5.41, 5.74) is 6.08. The number of carbonyl (C=O) groups excluding carboxylic acids is 1. The maximum absolute atomic E-state index is 11.7. The molecular weight excluding hydrogens is 192 g/mol. The van der Waals surface area contributed by atoms with Crippen LogP contribution >= 0.6 is 0 Å². The molecule has 3 nitrogen and oxygen atoms in total. The molecule has 0 atom stereocenters. The molecule has 0 amide bonds. The molecule has 1 rings (SSSR count). The average Bonchev–Trinajstić information content (AvgIpc) is 2.15. The highest BCUT2D eigenvalue weighted by Crippen LogP contribution is 2.07. The third-order valence-electron chi connectivity index (χ3n) is 1.49. The van der Waals surface area contributed by atoms with Gasteiger partial charge in [-0.2, -0.15) is 0 Å². The minimum absolute atomic E-state index is 0.208. The molecule has 0 aromatic heterocycles. The minimum atomic E-state index is -2.65. The van der Waals surface area contributed by atoms with E-state index >= 15 is 0 Å². The van der Waals surface area contributed by atoms with E-state index < -0.39 is 19.0 Å². The summed E-state index contributed by atoms with van der Waals surface area (Å²) in [5.74, 6) is -0.773. The third-order valence-corrected chi connectivity index (χ3v) is 1.49. The number of ether oxygens (including phenoxy) is 1. The maximum atomic E-state index is 11.7. The number of nitrogens with two attached hydrogens (primary N) is 1. The molecule has 0 heterocycles. The van der Waals surface area contributed by atoms with Crippen molar-refractivity contribution < 1.29 is 18.3 Å². The summed E-state index contributed by atoms with van der Waals surface area (Å²) in [6.45, 7) is -0.886. The molecule has 0 aliphatic carbocycles. The number of halogens is 2. The lowest BCUT2D eigenvalue weighted by molar-refractivity contribution is 0.0160. The van der Waals surface area contributed by atoms with Gasteiger partial charge < -0.3 is 10.5 Å². The lowest BCUT2D eigenvalue weighted by atomic mass is 10.2. The molecule has 5 heteroatoms. The van der Waals surface area contributed by atoms with Crippen LogP contribution in [0.15, 0.2) is 24.3 Å². The van der Waals surface area contributed by atoms with E-state index in [1.807, 2.05) is 0 Å². The molecule has 0 saturated heterocycles. The van der Waals surface area contributed by atoms with Crippen LogP contribution in [0.4, 0.5) is 14.5 Å². The van der Waals surface area contributed by atoms with E-state index in [0.29, 0.717) is 5.69 Å². The van der Waals surface area contributed by atoms with Gasteiger partial charge in [-0.15, -0.1) is 0 Å². The summed E-state index contributed by atoms with van der Waals surface area (Å²) in [6.07, 6.45) is -2.65. The quantitative estimate of drug-likeness (QED) is 0.598. The first kappa shape index (κ1) is 10.4. The Morgan fingerprint density at radius 1 is 1.36 bits per heavy atom. The van der Waals surface area contributed by atoms with Crippen LogP contribution in [0.1, 0.15) is 10.4 Å². The molecule has 14 heavy (non-hydrogen) atoms. The lowest BCUT2D eigenvalue weighted by Crippen LogP contribution is -2.11. The van der Waals surface area contributed by atoms with Gasteiger partial charge in [0, 0.05) is 5.69 Å². The Labute approximate surface area is 79.5 Å². The predicted molar refractivity (Wildman–Crippen MR) is 47.1 cm³/mol. The molecule has 76 valence electrons. The minimum Gasteiger partial charge on any atom is -0.456 e. The number of alkyl halides is 2. The van der Waals surface area contributed by atoms with Gasteiger partial charge in [0.25, 0.3) is 6.43 Å². The van der Waals surface area contributed by atoms with Crippen molar-refractivity contribution in [3.8, 4) is 0 Å². The largest absolute Gasteiger partial charge is 0.456 e. The van der Waals surface area contributed by atoms with E-state index in [-0.39, 0.29) is 5.56 Å². The number of esters is 1. The molecule has 0 saturated carbocycles. The van der Waals surface area contributed by atoms with Crippen molar-refractivity contribution >= 4 is 11.7 Å². The van der Waals surface area contributed by atoms with Crippen molar-refractivity contribution in [1.82, 2.24) is 0 Å². The van der Waals surface area contributed by atoms with Gasteiger partial charge in [-0.25, -0.2) is 13.6 Å². The number of benzene rings is 1. The Balaban J connectivity index is 2.57. The van der Waals surface area contributed by atoms with Crippen LogP contribution < -0.4 is 5.73 Å².